The lowest BCUT2D eigenvalue weighted by molar-refractivity contribution is 0.219. The van der Waals surface area contributed by atoms with Gasteiger partial charge in [-0.05, 0) is 36.5 Å². The van der Waals surface area contributed by atoms with Crippen LogP contribution in [0.3, 0.4) is 0 Å². The topological polar surface area (TPSA) is 46.2 Å². The molecule has 1 fully saturated rings. The average molecular weight is 364 g/mol. The Labute approximate surface area is 128 Å². The second-order valence-corrected chi connectivity index (χ2v) is 8.42. The van der Waals surface area contributed by atoms with Crippen LogP contribution >= 0.6 is 15.9 Å². The van der Waals surface area contributed by atoms with Crippen molar-refractivity contribution >= 4 is 26.0 Å². The van der Waals surface area contributed by atoms with Crippen molar-refractivity contribution in [2.45, 2.75) is 43.9 Å². The van der Waals surface area contributed by atoms with E-state index in [4.69, 9.17) is 0 Å². The van der Waals surface area contributed by atoms with Crippen molar-refractivity contribution in [1.29, 1.82) is 0 Å². The Kier molecular flexibility index (Phi) is 4.87. The van der Waals surface area contributed by atoms with Gasteiger partial charge in [-0.2, -0.15) is 0 Å². The predicted octanol–water partition coefficient (Wildman–Crippen LogP) is 3.84. The number of hydrogen-bond donors (Lipinski definition) is 1. The molecule has 3 nitrogen and oxygen atoms in total. The summed E-state index contributed by atoms with van der Waals surface area (Å²) in [5.74, 6) is -0.735. The molecule has 0 bridgehead atoms. The summed E-state index contributed by atoms with van der Waals surface area (Å²) in [4.78, 5) is -0.292. The molecule has 0 amide bonds. The Morgan fingerprint density at radius 3 is 2.55 bits per heavy atom. The van der Waals surface area contributed by atoms with Gasteiger partial charge in [0.15, 0.2) is 0 Å². The lowest BCUT2D eigenvalue weighted by Crippen LogP contribution is -2.37. The van der Waals surface area contributed by atoms with Crippen LogP contribution in [-0.2, 0) is 10.0 Å². The molecule has 0 radical (unpaired) electrons. The van der Waals surface area contributed by atoms with Gasteiger partial charge in [-0.3, -0.25) is 0 Å². The minimum absolute atomic E-state index is 0.0167. The zero-order chi connectivity index (χ0) is 14.8. The summed E-state index contributed by atoms with van der Waals surface area (Å²) in [6.07, 6.45) is 5.50. The molecule has 1 N–H and O–H groups in total. The molecule has 0 heterocycles. The van der Waals surface area contributed by atoms with Gasteiger partial charge in [0.25, 0.3) is 0 Å². The van der Waals surface area contributed by atoms with Gasteiger partial charge in [-0.1, -0.05) is 42.1 Å². The third-order valence-electron chi connectivity index (χ3n) is 3.93. The molecule has 0 unspecified atom stereocenters. The molecule has 1 saturated carbocycles. The van der Waals surface area contributed by atoms with Crippen molar-refractivity contribution in [3.05, 3.63) is 28.5 Å². The van der Waals surface area contributed by atoms with E-state index in [1.807, 2.05) is 0 Å². The molecule has 0 saturated heterocycles. The van der Waals surface area contributed by atoms with Crippen molar-refractivity contribution in [3.8, 4) is 0 Å². The lowest BCUT2D eigenvalue weighted by atomic mass is 9.76. The number of sulfonamides is 1. The third kappa shape index (κ3) is 3.80. The maximum Gasteiger partial charge on any atom is 0.243 e. The van der Waals surface area contributed by atoms with E-state index < -0.39 is 15.8 Å². The van der Waals surface area contributed by atoms with Crippen molar-refractivity contribution in [1.82, 2.24) is 4.72 Å². The highest BCUT2D eigenvalue weighted by molar-refractivity contribution is 9.10. The Balaban J connectivity index is 2.11. The Morgan fingerprint density at radius 2 is 1.95 bits per heavy atom. The fourth-order valence-electron chi connectivity index (χ4n) is 2.62. The molecule has 0 aromatic heterocycles. The number of halogens is 2. The summed E-state index contributed by atoms with van der Waals surface area (Å²) in [6.45, 7) is 2.46. The number of hydrogen-bond acceptors (Lipinski definition) is 2. The average Bonchev–Trinajstić information content (AvgIpc) is 2.37. The monoisotopic (exact) mass is 363 g/mol. The SMILES string of the molecule is CC1(CNS(=O)(=O)c2ccc(Br)cc2F)CCCCC1. The lowest BCUT2D eigenvalue weighted by Gasteiger charge is -2.33. The van der Waals surface area contributed by atoms with E-state index >= 15 is 0 Å². The Hall–Kier alpha value is -0.460. The van der Waals surface area contributed by atoms with E-state index in [0.717, 1.165) is 31.7 Å². The van der Waals surface area contributed by atoms with Crippen LogP contribution in [-0.4, -0.2) is 15.0 Å². The normalized spacial score (nSPS) is 18.9. The van der Waals surface area contributed by atoms with Crippen LogP contribution in [0.25, 0.3) is 0 Å². The molecule has 0 spiro atoms. The summed E-state index contributed by atoms with van der Waals surface area (Å²) >= 11 is 3.12. The van der Waals surface area contributed by atoms with Gasteiger partial charge in [0.2, 0.25) is 10.0 Å². The predicted molar refractivity (Wildman–Crippen MR) is 80.5 cm³/mol. The first-order valence-electron chi connectivity index (χ1n) is 6.77. The van der Waals surface area contributed by atoms with Gasteiger partial charge in [0.1, 0.15) is 10.7 Å². The minimum Gasteiger partial charge on any atom is -0.211 e. The summed E-state index contributed by atoms with van der Waals surface area (Å²) in [6, 6.07) is 3.97. The molecular weight excluding hydrogens is 345 g/mol. The van der Waals surface area contributed by atoms with Crippen LogP contribution < -0.4 is 4.72 Å². The first kappa shape index (κ1) is 15.9. The Morgan fingerprint density at radius 1 is 1.30 bits per heavy atom. The van der Waals surface area contributed by atoms with Gasteiger partial charge in [0.05, 0.1) is 0 Å². The molecule has 2 rings (SSSR count). The van der Waals surface area contributed by atoms with Crippen LogP contribution in [0.5, 0.6) is 0 Å². The molecule has 1 aliphatic rings. The Bertz CT molecular complexity index is 583. The highest BCUT2D eigenvalue weighted by Crippen LogP contribution is 2.35. The summed E-state index contributed by atoms with van der Waals surface area (Å²) in [5, 5.41) is 0. The van der Waals surface area contributed by atoms with Gasteiger partial charge in [-0.15, -0.1) is 0 Å². The van der Waals surface area contributed by atoms with Crippen molar-refractivity contribution in [2.24, 2.45) is 5.41 Å². The number of benzene rings is 1. The molecular formula is C14H19BrFNO2S. The molecule has 6 heteroatoms. The van der Waals surface area contributed by atoms with E-state index in [1.165, 1.54) is 18.6 Å². The second-order valence-electron chi connectivity index (χ2n) is 5.77. The molecule has 112 valence electrons. The van der Waals surface area contributed by atoms with Gasteiger partial charge in [-0.25, -0.2) is 17.5 Å². The summed E-state index contributed by atoms with van der Waals surface area (Å²) < 4.78 is 41.2. The van der Waals surface area contributed by atoms with Crippen molar-refractivity contribution in [2.75, 3.05) is 6.54 Å². The second kappa shape index (κ2) is 6.12. The van der Waals surface area contributed by atoms with Crippen molar-refractivity contribution in [3.63, 3.8) is 0 Å². The van der Waals surface area contributed by atoms with Gasteiger partial charge >= 0.3 is 0 Å². The van der Waals surface area contributed by atoms with Crippen molar-refractivity contribution < 1.29 is 12.8 Å². The van der Waals surface area contributed by atoms with Crippen LogP contribution in [0, 0.1) is 11.2 Å². The van der Waals surface area contributed by atoms with Crippen LogP contribution in [0.2, 0.25) is 0 Å². The number of nitrogens with one attached hydrogen (secondary N) is 1. The van der Waals surface area contributed by atoms with E-state index in [9.17, 15) is 12.8 Å². The molecule has 0 atom stereocenters. The number of rotatable bonds is 4. The largest absolute Gasteiger partial charge is 0.243 e. The smallest absolute Gasteiger partial charge is 0.211 e. The highest BCUT2D eigenvalue weighted by Gasteiger charge is 2.29. The zero-order valence-corrected chi connectivity index (χ0v) is 13.9. The van der Waals surface area contributed by atoms with E-state index in [-0.39, 0.29) is 10.3 Å². The first-order valence-corrected chi connectivity index (χ1v) is 9.05. The van der Waals surface area contributed by atoms with Crippen LogP contribution in [0.4, 0.5) is 4.39 Å². The van der Waals surface area contributed by atoms with Gasteiger partial charge < -0.3 is 0 Å². The maximum atomic E-state index is 13.8. The molecule has 1 aliphatic carbocycles. The molecule has 0 aliphatic heterocycles. The minimum atomic E-state index is -3.79. The third-order valence-corrected chi connectivity index (χ3v) is 5.86. The molecule has 1 aromatic carbocycles. The molecule has 1 aromatic rings. The summed E-state index contributed by atoms with van der Waals surface area (Å²) in [5.41, 5.74) is -0.0167. The van der Waals surface area contributed by atoms with Crippen LogP contribution in [0.15, 0.2) is 27.6 Å². The zero-order valence-electron chi connectivity index (χ0n) is 11.5. The quantitative estimate of drug-likeness (QED) is 0.883. The fraction of sp³-hybridized carbons (Fsp3) is 0.571. The standard InChI is InChI=1S/C14H19BrFNO2S/c1-14(7-3-2-4-8-14)10-17-20(18,19)13-6-5-11(15)9-12(13)16/h5-6,9,17H,2-4,7-8,10H2,1H3. The van der Waals surface area contributed by atoms with E-state index in [2.05, 4.69) is 27.6 Å². The fourth-order valence-corrected chi connectivity index (χ4v) is 4.21. The molecule has 20 heavy (non-hydrogen) atoms. The van der Waals surface area contributed by atoms with Gasteiger partial charge in [0, 0.05) is 11.0 Å². The maximum absolute atomic E-state index is 13.8. The van der Waals surface area contributed by atoms with E-state index in [0.29, 0.717) is 11.0 Å². The van der Waals surface area contributed by atoms with E-state index in [1.54, 1.807) is 0 Å². The highest BCUT2D eigenvalue weighted by atomic mass is 79.9. The first-order chi connectivity index (χ1) is 9.32. The van der Waals surface area contributed by atoms with Crippen LogP contribution in [0.1, 0.15) is 39.0 Å². The summed E-state index contributed by atoms with van der Waals surface area (Å²) in [7, 11) is -3.79.